The van der Waals surface area contributed by atoms with Crippen molar-refractivity contribution in [1.29, 1.82) is 0 Å². The molecule has 2 aromatic carbocycles. The lowest BCUT2D eigenvalue weighted by Gasteiger charge is -2.14. The molecule has 0 aliphatic carbocycles. The molecule has 0 unspecified atom stereocenters. The first-order valence-electron chi connectivity index (χ1n) is 6.94. The van der Waals surface area contributed by atoms with Crippen LogP contribution in [0.25, 0.3) is 0 Å². The molecule has 0 spiro atoms. The van der Waals surface area contributed by atoms with E-state index in [1.807, 2.05) is 24.3 Å². The van der Waals surface area contributed by atoms with Gasteiger partial charge >= 0.3 is 0 Å². The zero-order valence-corrected chi connectivity index (χ0v) is 13.7. The SMILES string of the molecule is CC(C)NCc1ccccc1OCc1cc(Cl)ccc1Cl. The number of nitrogens with one attached hydrogen (secondary N) is 1. The van der Waals surface area contributed by atoms with Crippen molar-refractivity contribution in [3.8, 4) is 5.75 Å². The van der Waals surface area contributed by atoms with Crippen LogP contribution in [0.3, 0.4) is 0 Å². The van der Waals surface area contributed by atoms with Gasteiger partial charge in [0.1, 0.15) is 12.4 Å². The minimum absolute atomic E-state index is 0.401. The van der Waals surface area contributed by atoms with Gasteiger partial charge in [0.15, 0.2) is 0 Å². The molecule has 112 valence electrons. The molecule has 1 N–H and O–H groups in total. The molecular weight excluding hydrogens is 305 g/mol. The van der Waals surface area contributed by atoms with E-state index in [2.05, 4.69) is 25.2 Å². The van der Waals surface area contributed by atoms with Crippen molar-refractivity contribution >= 4 is 23.2 Å². The summed E-state index contributed by atoms with van der Waals surface area (Å²) in [5, 5.41) is 4.72. The van der Waals surface area contributed by atoms with Gasteiger partial charge in [-0.1, -0.05) is 55.2 Å². The molecule has 0 amide bonds. The number of ether oxygens (including phenoxy) is 1. The molecule has 0 radical (unpaired) electrons. The largest absolute Gasteiger partial charge is 0.489 e. The summed E-state index contributed by atoms with van der Waals surface area (Å²) >= 11 is 12.1. The third-order valence-corrected chi connectivity index (χ3v) is 3.67. The molecule has 0 aromatic heterocycles. The first kappa shape index (κ1) is 16.2. The fraction of sp³-hybridized carbons (Fsp3) is 0.294. The third-order valence-electron chi connectivity index (χ3n) is 3.06. The Labute approximate surface area is 136 Å². The minimum Gasteiger partial charge on any atom is -0.489 e. The Balaban J connectivity index is 2.07. The monoisotopic (exact) mass is 323 g/mol. The van der Waals surface area contributed by atoms with Crippen LogP contribution in [0.1, 0.15) is 25.0 Å². The van der Waals surface area contributed by atoms with Gasteiger partial charge in [-0.3, -0.25) is 0 Å². The van der Waals surface area contributed by atoms with Crippen LogP contribution in [0.2, 0.25) is 10.0 Å². The van der Waals surface area contributed by atoms with Gasteiger partial charge in [-0.15, -0.1) is 0 Å². The Bertz CT molecular complexity index is 599. The summed E-state index contributed by atoms with van der Waals surface area (Å²) in [7, 11) is 0. The molecule has 4 heteroatoms. The number of rotatable bonds is 6. The number of hydrogen-bond acceptors (Lipinski definition) is 2. The summed E-state index contributed by atoms with van der Waals surface area (Å²) in [6, 6.07) is 13.8. The van der Waals surface area contributed by atoms with Gasteiger partial charge < -0.3 is 10.1 Å². The molecule has 2 rings (SSSR count). The maximum absolute atomic E-state index is 6.15. The zero-order chi connectivity index (χ0) is 15.2. The second-order valence-electron chi connectivity index (χ2n) is 5.17. The van der Waals surface area contributed by atoms with E-state index in [0.29, 0.717) is 22.7 Å². The Morgan fingerprint density at radius 1 is 1.05 bits per heavy atom. The molecule has 0 fully saturated rings. The second kappa shape index (κ2) is 7.69. The lowest BCUT2D eigenvalue weighted by Crippen LogP contribution is -2.22. The Kier molecular flexibility index (Phi) is 5.92. The topological polar surface area (TPSA) is 21.3 Å². The number of halogens is 2. The van der Waals surface area contributed by atoms with E-state index >= 15 is 0 Å². The first-order valence-corrected chi connectivity index (χ1v) is 7.70. The fourth-order valence-electron chi connectivity index (χ4n) is 1.91. The highest BCUT2D eigenvalue weighted by Crippen LogP contribution is 2.24. The van der Waals surface area contributed by atoms with Crippen molar-refractivity contribution < 1.29 is 4.74 Å². The van der Waals surface area contributed by atoms with Gasteiger partial charge in [0.2, 0.25) is 0 Å². The van der Waals surface area contributed by atoms with Gasteiger partial charge in [-0.2, -0.15) is 0 Å². The molecule has 0 saturated carbocycles. The van der Waals surface area contributed by atoms with Crippen LogP contribution in [0.5, 0.6) is 5.75 Å². The highest BCUT2D eigenvalue weighted by Gasteiger charge is 2.06. The van der Waals surface area contributed by atoms with E-state index in [9.17, 15) is 0 Å². The quantitative estimate of drug-likeness (QED) is 0.801. The van der Waals surface area contributed by atoms with Crippen LogP contribution in [-0.2, 0) is 13.2 Å². The molecule has 0 saturated heterocycles. The van der Waals surface area contributed by atoms with Crippen LogP contribution in [0.15, 0.2) is 42.5 Å². The van der Waals surface area contributed by atoms with Gasteiger partial charge in [0.05, 0.1) is 0 Å². The molecule has 2 nitrogen and oxygen atoms in total. The van der Waals surface area contributed by atoms with Crippen LogP contribution in [0, 0.1) is 0 Å². The molecule has 0 bridgehead atoms. The van der Waals surface area contributed by atoms with Crippen LogP contribution in [0.4, 0.5) is 0 Å². The number of para-hydroxylation sites is 1. The van der Waals surface area contributed by atoms with Crippen molar-refractivity contribution in [2.75, 3.05) is 0 Å². The average molecular weight is 324 g/mol. The molecular formula is C17H19Cl2NO. The van der Waals surface area contributed by atoms with Crippen LogP contribution >= 0.6 is 23.2 Å². The van der Waals surface area contributed by atoms with E-state index in [4.69, 9.17) is 27.9 Å². The zero-order valence-electron chi connectivity index (χ0n) is 12.2. The fourth-order valence-corrected chi connectivity index (χ4v) is 2.28. The highest BCUT2D eigenvalue weighted by atomic mass is 35.5. The molecule has 2 aromatic rings. The van der Waals surface area contributed by atoms with Crippen molar-refractivity contribution in [2.24, 2.45) is 0 Å². The summed E-state index contributed by atoms with van der Waals surface area (Å²) in [5.41, 5.74) is 2.01. The number of hydrogen-bond donors (Lipinski definition) is 1. The Morgan fingerprint density at radius 2 is 1.81 bits per heavy atom. The van der Waals surface area contributed by atoms with Crippen molar-refractivity contribution in [2.45, 2.75) is 33.0 Å². The maximum atomic E-state index is 6.15. The third kappa shape index (κ3) is 4.92. The van der Waals surface area contributed by atoms with Crippen LogP contribution < -0.4 is 10.1 Å². The second-order valence-corrected chi connectivity index (χ2v) is 6.01. The molecule has 0 aliphatic heterocycles. The van der Waals surface area contributed by atoms with E-state index < -0.39 is 0 Å². The van der Waals surface area contributed by atoms with E-state index in [1.165, 1.54) is 0 Å². The van der Waals surface area contributed by atoms with E-state index in [1.54, 1.807) is 12.1 Å². The first-order chi connectivity index (χ1) is 10.1. The average Bonchev–Trinajstić information content (AvgIpc) is 2.47. The summed E-state index contributed by atoms with van der Waals surface area (Å²) in [6.07, 6.45) is 0. The van der Waals surface area contributed by atoms with Gasteiger partial charge in [-0.25, -0.2) is 0 Å². The Morgan fingerprint density at radius 3 is 2.57 bits per heavy atom. The van der Waals surface area contributed by atoms with E-state index in [-0.39, 0.29) is 0 Å². The van der Waals surface area contributed by atoms with Gasteiger partial charge in [0.25, 0.3) is 0 Å². The normalized spacial score (nSPS) is 10.9. The molecule has 0 heterocycles. The Hall–Kier alpha value is -1.22. The molecule has 0 atom stereocenters. The lowest BCUT2D eigenvalue weighted by atomic mass is 10.2. The van der Waals surface area contributed by atoms with Crippen molar-refractivity contribution in [1.82, 2.24) is 5.32 Å². The van der Waals surface area contributed by atoms with Crippen molar-refractivity contribution in [3.05, 3.63) is 63.6 Å². The highest BCUT2D eigenvalue weighted by molar-refractivity contribution is 6.33. The molecule has 21 heavy (non-hydrogen) atoms. The minimum atomic E-state index is 0.401. The standard InChI is InChI=1S/C17H19Cl2NO/c1-12(2)20-10-13-5-3-4-6-17(13)21-11-14-9-15(18)7-8-16(14)19/h3-9,12,20H,10-11H2,1-2H3. The number of benzene rings is 2. The van der Waals surface area contributed by atoms with Crippen LogP contribution in [-0.4, -0.2) is 6.04 Å². The van der Waals surface area contributed by atoms with Gasteiger partial charge in [-0.05, 0) is 24.3 Å². The van der Waals surface area contributed by atoms with E-state index in [0.717, 1.165) is 23.4 Å². The predicted molar refractivity (Wildman–Crippen MR) is 89.2 cm³/mol. The summed E-state index contributed by atoms with van der Waals surface area (Å²) < 4.78 is 5.91. The summed E-state index contributed by atoms with van der Waals surface area (Å²) in [6.45, 7) is 5.42. The maximum Gasteiger partial charge on any atom is 0.124 e. The van der Waals surface area contributed by atoms with Crippen molar-refractivity contribution in [3.63, 3.8) is 0 Å². The van der Waals surface area contributed by atoms with Gasteiger partial charge in [0, 0.05) is 33.8 Å². The predicted octanol–water partition coefficient (Wildman–Crippen LogP) is 5.07. The smallest absolute Gasteiger partial charge is 0.124 e. The lowest BCUT2D eigenvalue weighted by molar-refractivity contribution is 0.302. The molecule has 0 aliphatic rings. The summed E-state index contributed by atoms with van der Waals surface area (Å²) in [5.74, 6) is 0.863. The summed E-state index contributed by atoms with van der Waals surface area (Å²) in [4.78, 5) is 0.